The van der Waals surface area contributed by atoms with Crippen LogP contribution in [-0.4, -0.2) is 81.7 Å². The normalized spacial score (nSPS) is 10.9. The van der Waals surface area contributed by atoms with E-state index in [9.17, 15) is 19.2 Å². The van der Waals surface area contributed by atoms with Crippen LogP contribution in [0.1, 0.15) is 46.0 Å². The molecule has 0 aliphatic heterocycles. The molecule has 0 rings (SSSR count). The maximum absolute atomic E-state index is 12.2. The summed E-state index contributed by atoms with van der Waals surface area (Å²) in [6.45, 7) is 2.73. The fourth-order valence-corrected chi connectivity index (χ4v) is 2.48. The van der Waals surface area contributed by atoms with E-state index in [1.54, 1.807) is 0 Å². The lowest BCUT2D eigenvalue weighted by Gasteiger charge is -2.25. The second-order valence-electron chi connectivity index (χ2n) is 6.70. The first-order chi connectivity index (χ1) is 12.1. The molecule has 0 aromatic heterocycles. The van der Waals surface area contributed by atoms with Crippen molar-refractivity contribution in [2.45, 2.75) is 46.0 Å². The Kier molecular flexibility index (Phi) is 12.0. The van der Waals surface area contributed by atoms with Gasteiger partial charge in [-0.25, -0.2) is 0 Å². The van der Waals surface area contributed by atoms with Crippen LogP contribution in [0.25, 0.3) is 0 Å². The summed E-state index contributed by atoms with van der Waals surface area (Å²) >= 11 is 0. The lowest BCUT2D eigenvalue weighted by Crippen LogP contribution is -2.44. The number of carboxylic acid groups (broad SMARTS) is 3. The van der Waals surface area contributed by atoms with Crippen LogP contribution >= 0.6 is 0 Å². The van der Waals surface area contributed by atoms with Gasteiger partial charge in [0.15, 0.2) is 0 Å². The number of hydrogen-bond donors (Lipinski definition) is 3. The summed E-state index contributed by atoms with van der Waals surface area (Å²) in [5.41, 5.74) is 0. The van der Waals surface area contributed by atoms with E-state index >= 15 is 0 Å². The van der Waals surface area contributed by atoms with Crippen LogP contribution in [0.2, 0.25) is 0 Å². The second-order valence-corrected chi connectivity index (χ2v) is 6.70. The molecule has 150 valence electrons. The topological polar surface area (TPSA) is 135 Å². The van der Waals surface area contributed by atoms with E-state index in [4.69, 9.17) is 15.3 Å². The standard InChI is InChI=1S/C17H30N2O7/c1-13(2)6-4-3-5-7-14(20)19(12-17(25)26)9-8-18(10-15(21)22)11-16(23)24/h13H,3-12H2,1-2H3,(H,21,22)(H,23,24)(H,25,26). The number of nitrogens with zero attached hydrogens (tertiary/aromatic N) is 2. The van der Waals surface area contributed by atoms with Crippen LogP contribution < -0.4 is 0 Å². The molecule has 0 saturated heterocycles. The minimum Gasteiger partial charge on any atom is -0.480 e. The highest BCUT2D eigenvalue weighted by Crippen LogP contribution is 2.10. The van der Waals surface area contributed by atoms with Gasteiger partial charge in [-0.05, 0) is 12.3 Å². The van der Waals surface area contributed by atoms with E-state index in [1.165, 1.54) is 0 Å². The van der Waals surface area contributed by atoms with E-state index in [2.05, 4.69) is 13.8 Å². The first-order valence-electron chi connectivity index (χ1n) is 8.77. The molecule has 0 aliphatic carbocycles. The molecule has 0 atom stereocenters. The summed E-state index contributed by atoms with van der Waals surface area (Å²) in [6, 6.07) is 0. The van der Waals surface area contributed by atoms with Gasteiger partial charge in [-0.2, -0.15) is 0 Å². The molecule has 0 spiro atoms. The number of aliphatic carboxylic acids is 3. The van der Waals surface area contributed by atoms with Gasteiger partial charge in [-0.15, -0.1) is 0 Å². The zero-order valence-corrected chi connectivity index (χ0v) is 15.5. The van der Waals surface area contributed by atoms with Gasteiger partial charge < -0.3 is 20.2 Å². The predicted molar refractivity (Wildman–Crippen MR) is 93.9 cm³/mol. The zero-order valence-electron chi connectivity index (χ0n) is 15.5. The number of unbranched alkanes of at least 4 members (excludes halogenated alkanes) is 2. The van der Waals surface area contributed by atoms with Gasteiger partial charge in [0.2, 0.25) is 5.91 Å². The molecule has 0 saturated carbocycles. The predicted octanol–water partition coefficient (Wildman–Crippen LogP) is 0.977. The van der Waals surface area contributed by atoms with Gasteiger partial charge in [0.1, 0.15) is 6.54 Å². The molecule has 9 heteroatoms. The molecule has 0 fully saturated rings. The molecule has 0 unspecified atom stereocenters. The number of rotatable bonds is 15. The highest BCUT2D eigenvalue weighted by molar-refractivity contribution is 5.81. The SMILES string of the molecule is CC(C)CCCCCC(=O)N(CCN(CC(=O)O)CC(=O)O)CC(=O)O. The maximum Gasteiger partial charge on any atom is 0.323 e. The summed E-state index contributed by atoms with van der Waals surface area (Å²) in [4.78, 5) is 47.1. The second kappa shape index (κ2) is 13.1. The van der Waals surface area contributed by atoms with E-state index in [1.807, 2.05) is 0 Å². The van der Waals surface area contributed by atoms with Gasteiger partial charge in [-0.1, -0.05) is 33.1 Å². The average Bonchev–Trinajstić information content (AvgIpc) is 2.48. The van der Waals surface area contributed by atoms with Crippen molar-refractivity contribution in [2.24, 2.45) is 5.92 Å². The molecule has 0 bridgehead atoms. The van der Waals surface area contributed by atoms with Crippen LogP contribution in [0, 0.1) is 5.92 Å². The summed E-state index contributed by atoms with van der Waals surface area (Å²) in [6.07, 6.45) is 3.86. The van der Waals surface area contributed by atoms with Crippen LogP contribution in [0.5, 0.6) is 0 Å². The van der Waals surface area contributed by atoms with E-state index < -0.39 is 37.5 Å². The van der Waals surface area contributed by atoms with Crippen molar-refractivity contribution < 1.29 is 34.5 Å². The van der Waals surface area contributed by atoms with Gasteiger partial charge >= 0.3 is 17.9 Å². The van der Waals surface area contributed by atoms with Gasteiger partial charge in [-0.3, -0.25) is 24.1 Å². The van der Waals surface area contributed by atoms with Crippen molar-refractivity contribution in [1.29, 1.82) is 0 Å². The van der Waals surface area contributed by atoms with Crippen LogP contribution in [0.15, 0.2) is 0 Å². The molecule has 0 radical (unpaired) electrons. The largest absolute Gasteiger partial charge is 0.480 e. The van der Waals surface area contributed by atoms with Crippen molar-refractivity contribution in [3.8, 4) is 0 Å². The molecular weight excluding hydrogens is 344 g/mol. The third-order valence-corrected chi connectivity index (χ3v) is 3.75. The molecule has 0 aromatic carbocycles. The summed E-state index contributed by atoms with van der Waals surface area (Å²) in [5.74, 6) is -3.26. The maximum atomic E-state index is 12.2. The minimum absolute atomic E-state index is 0.0228. The highest BCUT2D eigenvalue weighted by atomic mass is 16.4. The van der Waals surface area contributed by atoms with Crippen molar-refractivity contribution in [3.05, 3.63) is 0 Å². The lowest BCUT2D eigenvalue weighted by atomic mass is 10.0. The molecule has 1 amide bonds. The molecular formula is C17H30N2O7. The molecule has 0 aliphatic rings. The first kappa shape index (κ1) is 23.8. The highest BCUT2D eigenvalue weighted by Gasteiger charge is 2.19. The number of amides is 1. The van der Waals surface area contributed by atoms with Gasteiger partial charge in [0.05, 0.1) is 13.1 Å². The van der Waals surface area contributed by atoms with Crippen molar-refractivity contribution in [2.75, 3.05) is 32.7 Å². The number of hydrogen-bond acceptors (Lipinski definition) is 5. The Balaban J connectivity index is 4.55. The number of carbonyl (C=O) groups is 4. The fourth-order valence-electron chi connectivity index (χ4n) is 2.48. The number of carboxylic acids is 3. The third-order valence-electron chi connectivity index (χ3n) is 3.75. The monoisotopic (exact) mass is 374 g/mol. The van der Waals surface area contributed by atoms with E-state index in [-0.39, 0.29) is 25.4 Å². The molecule has 0 aromatic rings. The minimum atomic E-state index is -1.19. The third kappa shape index (κ3) is 13.2. The summed E-state index contributed by atoms with van der Waals surface area (Å²) in [5, 5.41) is 26.6. The van der Waals surface area contributed by atoms with Crippen LogP contribution in [0.4, 0.5) is 0 Å². The quantitative estimate of drug-likeness (QED) is 0.361. The average molecular weight is 374 g/mol. The first-order valence-corrected chi connectivity index (χ1v) is 8.77. The van der Waals surface area contributed by atoms with Crippen LogP contribution in [0.3, 0.4) is 0 Å². The molecule has 3 N–H and O–H groups in total. The van der Waals surface area contributed by atoms with Crippen molar-refractivity contribution in [3.63, 3.8) is 0 Å². The van der Waals surface area contributed by atoms with Gasteiger partial charge in [0, 0.05) is 19.5 Å². The summed E-state index contributed by atoms with van der Waals surface area (Å²) in [7, 11) is 0. The molecule has 9 nitrogen and oxygen atoms in total. The Morgan fingerprint density at radius 3 is 1.77 bits per heavy atom. The fraction of sp³-hybridized carbons (Fsp3) is 0.765. The Morgan fingerprint density at radius 1 is 0.769 bits per heavy atom. The smallest absolute Gasteiger partial charge is 0.323 e. The Hall–Kier alpha value is -2.16. The van der Waals surface area contributed by atoms with Crippen molar-refractivity contribution >= 4 is 23.8 Å². The number of carbonyl (C=O) groups excluding carboxylic acids is 1. The summed E-state index contributed by atoms with van der Waals surface area (Å²) < 4.78 is 0. The molecule has 0 heterocycles. The zero-order chi connectivity index (χ0) is 20.1. The Labute approximate surface area is 153 Å². The lowest BCUT2D eigenvalue weighted by molar-refractivity contribution is -0.145. The Bertz CT molecular complexity index is 464. The van der Waals surface area contributed by atoms with Gasteiger partial charge in [0.25, 0.3) is 0 Å². The van der Waals surface area contributed by atoms with Crippen LogP contribution in [-0.2, 0) is 19.2 Å². The Morgan fingerprint density at radius 2 is 1.31 bits per heavy atom. The van der Waals surface area contributed by atoms with E-state index in [0.29, 0.717) is 12.3 Å². The van der Waals surface area contributed by atoms with E-state index in [0.717, 1.165) is 29.1 Å². The van der Waals surface area contributed by atoms with Crippen molar-refractivity contribution in [1.82, 2.24) is 9.80 Å². The molecule has 26 heavy (non-hydrogen) atoms.